The lowest BCUT2D eigenvalue weighted by molar-refractivity contribution is -0.0655. The molecule has 2 N–H and O–H groups in total. The molecule has 2 aromatic rings. The second-order valence-electron chi connectivity index (χ2n) is 7.49. The largest absolute Gasteiger partial charge is 0.497 e. The van der Waals surface area contributed by atoms with Crippen LogP contribution >= 0.6 is 0 Å². The smallest absolute Gasteiger partial charge is 0.123 e. The van der Waals surface area contributed by atoms with Crippen LogP contribution in [0.4, 0.5) is 5.82 Å². The second-order valence-corrected chi connectivity index (χ2v) is 7.49. The quantitative estimate of drug-likeness (QED) is 0.860. The number of benzene rings is 1. The fourth-order valence-corrected chi connectivity index (χ4v) is 3.44. The third-order valence-corrected chi connectivity index (χ3v) is 5.26. The summed E-state index contributed by atoms with van der Waals surface area (Å²) in [5.74, 6) is 1.46. The Kier molecular flexibility index (Phi) is 5.79. The molecule has 1 aromatic heterocycles. The molecule has 3 rings (SSSR count). The van der Waals surface area contributed by atoms with Crippen LogP contribution in [0.5, 0.6) is 5.75 Å². The number of ether oxygens (including phenoxy) is 2. The summed E-state index contributed by atoms with van der Waals surface area (Å²) in [6.45, 7) is 7.19. The predicted molar refractivity (Wildman–Crippen MR) is 104 cm³/mol. The van der Waals surface area contributed by atoms with Gasteiger partial charge in [-0.1, -0.05) is 18.2 Å². The second kappa shape index (κ2) is 8.06. The van der Waals surface area contributed by atoms with E-state index in [-0.39, 0.29) is 11.6 Å². The van der Waals surface area contributed by atoms with E-state index < -0.39 is 0 Å². The lowest BCUT2D eigenvalue weighted by atomic mass is 9.92. The molecule has 0 aliphatic carbocycles. The zero-order valence-electron chi connectivity index (χ0n) is 15.9. The van der Waals surface area contributed by atoms with E-state index in [1.165, 1.54) is 5.56 Å². The molecule has 0 amide bonds. The Morgan fingerprint density at radius 2 is 2.15 bits per heavy atom. The average Bonchev–Trinajstić information content (AvgIpc) is 2.67. The highest BCUT2D eigenvalue weighted by molar-refractivity contribution is 5.30. The van der Waals surface area contributed by atoms with Gasteiger partial charge in [0.2, 0.25) is 0 Å². The van der Waals surface area contributed by atoms with Crippen molar-refractivity contribution in [1.82, 2.24) is 9.88 Å². The molecule has 1 saturated heterocycles. The molecule has 0 spiro atoms. The highest BCUT2D eigenvalue weighted by atomic mass is 16.5. The molecule has 1 fully saturated rings. The molecule has 1 aromatic carbocycles. The summed E-state index contributed by atoms with van der Waals surface area (Å²) in [5.41, 5.74) is 8.19. The summed E-state index contributed by atoms with van der Waals surface area (Å²) >= 11 is 0. The molecule has 1 aliphatic heterocycles. The Hall–Kier alpha value is -2.11. The van der Waals surface area contributed by atoms with E-state index in [4.69, 9.17) is 15.2 Å². The summed E-state index contributed by atoms with van der Waals surface area (Å²) in [5, 5.41) is 0. The van der Waals surface area contributed by atoms with Crippen molar-refractivity contribution in [3.8, 4) is 5.75 Å². The van der Waals surface area contributed by atoms with Gasteiger partial charge in [-0.15, -0.1) is 0 Å². The third-order valence-electron chi connectivity index (χ3n) is 5.26. The number of nitrogens with two attached hydrogens (primary N) is 1. The van der Waals surface area contributed by atoms with Gasteiger partial charge >= 0.3 is 0 Å². The molecule has 0 radical (unpaired) electrons. The van der Waals surface area contributed by atoms with Crippen molar-refractivity contribution in [3.05, 3.63) is 53.7 Å². The summed E-state index contributed by atoms with van der Waals surface area (Å²) in [7, 11) is 1.71. The first kappa shape index (κ1) is 18.7. The number of hydrogen-bond donors (Lipinski definition) is 1. The molecule has 2 heterocycles. The van der Waals surface area contributed by atoms with Crippen LogP contribution < -0.4 is 10.5 Å². The minimum Gasteiger partial charge on any atom is -0.497 e. The first-order chi connectivity index (χ1) is 12.5. The number of nitrogens with zero attached hydrogens (tertiary/aromatic N) is 2. The highest BCUT2D eigenvalue weighted by Crippen LogP contribution is 2.29. The van der Waals surface area contributed by atoms with E-state index in [1.54, 1.807) is 7.11 Å². The Morgan fingerprint density at radius 1 is 1.31 bits per heavy atom. The van der Waals surface area contributed by atoms with Crippen LogP contribution in [0, 0.1) is 0 Å². The molecule has 5 heteroatoms. The van der Waals surface area contributed by atoms with Crippen LogP contribution in [-0.4, -0.2) is 42.2 Å². The van der Waals surface area contributed by atoms with Crippen molar-refractivity contribution < 1.29 is 9.47 Å². The number of rotatable bonds is 6. The topological polar surface area (TPSA) is 60.6 Å². The number of anilines is 1. The minimum absolute atomic E-state index is 0.0490. The highest BCUT2D eigenvalue weighted by Gasteiger charge is 2.32. The van der Waals surface area contributed by atoms with Gasteiger partial charge in [0, 0.05) is 30.4 Å². The fourth-order valence-electron chi connectivity index (χ4n) is 3.44. The number of pyridine rings is 1. The average molecular weight is 355 g/mol. The van der Waals surface area contributed by atoms with E-state index in [0.717, 1.165) is 43.9 Å². The molecule has 140 valence electrons. The number of aryl methyl sites for hydroxylation is 1. The number of aromatic nitrogens is 1. The van der Waals surface area contributed by atoms with Gasteiger partial charge < -0.3 is 15.2 Å². The van der Waals surface area contributed by atoms with E-state index in [2.05, 4.69) is 41.9 Å². The summed E-state index contributed by atoms with van der Waals surface area (Å²) in [6, 6.07) is 12.2. The van der Waals surface area contributed by atoms with Crippen LogP contribution in [-0.2, 0) is 11.2 Å². The van der Waals surface area contributed by atoms with Crippen molar-refractivity contribution in [2.75, 3.05) is 32.5 Å². The third kappa shape index (κ3) is 4.54. The van der Waals surface area contributed by atoms with E-state index in [1.807, 2.05) is 24.4 Å². The lowest BCUT2D eigenvalue weighted by Gasteiger charge is -2.43. The summed E-state index contributed by atoms with van der Waals surface area (Å²) in [6.07, 6.45) is 3.97. The van der Waals surface area contributed by atoms with E-state index in [9.17, 15) is 0 Å². The molecule has 0 saturated carbocycles. The normalized spacial score (nSPS) is 18.7. The van der Waals surface area contributed by atoms with Crippen LogP contribution in [0.3, 0.4) is 0 Å². The Morgan fingerprint density at radius 3 is 2.88 bits per heavy atom. The zero-order chi connectivity index (χ0) is 18.6. The Bertz CT molecular complexity index is 715. The predicted octanol–water partition coefficient (Wildman–Crippen LogP) is 3.46. The minimum atomic E-state index is 0.0490. The first-order valence-electron chi connectivity index (χ1n) is 9.19. The standard InChI is InChI=1S/C21H29N3O2/c1-21(2,10-9-16-5-4-6-18(13-16)25-3)24-11-12-26-19(15-24)17-7-8-20(22)23-14-17/h4-8,13-14,19H,9-12,15H2,1-3H3,(H2,22,23). The van der Waals surface area contributed by atoms with Gasteiger partial charge in [-0.05, 0) is 50.5 Å². The zero-order valence-corrected chi connectivity index (χ0v) is 15.9. The maximum atomic E-state index is 5.98. The van der Waals surface area contributed by atoms with Crippen molar-refractivity contribution >= 4 is 5.82 Å². The van der Waals surface area contributed by atoms with Crippen molar-refractivity contribution in [1.29, 1.82) is 0 Å². The van der Waals surface area contributed by atoms with Gasteiger partial charge in [0.15, 0.2) is 0 Å². The maximum Gasteiger partial charge on any atom is 0.123 e. The Labute approximate surface area is 156 Å². The summed E-state index contributed by atoms with van der Waals surface area (Å²) < 4.78 is 11.3. The van der Waals surface area contributed by atoms with E-state index in [0.29, 0.717) is 5.82 Å². The number of methoxy groups -OCH3 is 1. The molecule has 5 nitrogen and oxygen atoms in total. The fraction of sp³-hybridized carbons (Fsp3) is 0.476. The van der Waals surface area contributed by atoms with Crippen molar-refractivity contribution in [2.45, 2.75) is 38.3 Å². The van der Waals surface area contributed by atoms with Crippen molar-refractivity contribution in [3.63, 3.8) is 0 Å². The van der Waals surface area contributed by atoms with Crippen molar-refractivity contribution in [2.24, 2.45) is 0 Å². The first-order valence-corrected chi connectivity index (χ1v) is 9.19. The lowest BCUT2D eigenvalue weighted by Crippen LogP contribution is -2.50. The SMILES string of the molecule is COc1cccc(CCC(C)(C)N2CCOC(c3ccc(N)nc3)C2)c1. The molecule has 1 aliphatic rings. The molecule has 1 atom stereocenters. The van der Waals surface area contributed by atoms with Gasteiger partial charge in [-0.2, -0.15) is 0 Å². The van der Waals surface area contributed by atoms with Gasteiger partial charge in [0.1, 0.15) is 11.6 Å². The number of morpholine rings is 1. The van der Waals surface area contributed by atoms with Gasteiger partial charge in [-0.3, -0.25) is 4.90 Å². The molecular formula is C21H29N3O2. The number of nitrogen functional groups attached to an aromatic ring is 1. The van der Waals surface area contributed by atoms with Crippen LogP contribution in [0.15, 0.2) is 42.6 Å². The molecule has 26 heavy (non-hydrogen) atoms. The monoisotopic (exact) mass is 355 g/mol. The molecule has 0 bridgehead atoms. The van der Waals surface area contributed by atoms with Crippen LogP contribution in [0.1, 0.15) is 37.5 Å². The Balaban J connectivity index is 1.63. The molecule has 1 unspecified atom stereocenters. The van der Waals surface area contributed by atoms with Gasteiger partial charge in [0.05, 0.1) is 19.8 Å². The number of hydrogen-bond acceptors (Lipinski definition) is 5. The van der Waals surface area contributed by atoms with E-state index >= 15 is 0 Å². The summed E-state index contributed by atoms with van der Waals surface area (Å²) in [4.78, 5) is 6.73. The van der Waals surface area contributed by atoms with Crippen LogP contribution in [0.25, 0.3) is 0 Å². The van der Waals surface area contributed by atoms with Gasteiger partial charge in [-0.25, -0.2) is 4.98 Å². The molecular weight excluding hydrogens is 326 g/mol. The van der Waals surface area contributed by atoms with Crippen LogP contribution in [0.2, 0.25) is 0 Å². The maximum absolute atomic E-state index is 5.98. The van der Waals surface area contributed by atoms with Gasteiger partial charge in [0.25, 0.3) is 0 Å².